The molecule has 0 amide bonds. The molecule has 0 aliphatic carbocycles. The highest BCUT2D eigenvalue weighted by molar-refractivity contribution is 5.77. The highest BCUT2D eigenvalue weighted by atomic mass is 16.3. The first-order valence-corrected chi connectivity index (χ1v) is 4.80. The lowest BCUT2D eigenvalue weighted by atomic mass is 10.1. The number of benzene rings is 1. The number of fused-ring (bicyclic) bond motifs is 1. The molecule has 0 fully saturated rings. The van der Waals surface area contributed by atoms with Crippen LogP contribution in [0.1, 0.15) is 18.4 Å². The molecule has 0 radical (unpaired) electrons. The molecule has 2 rings (SSSR count). The molecule has 0 aliphatic heterocycles. The Labute approximate surface area is 82.5 Å². The molecule has 2 nitrogen and oxygen atoms in total. The van der Waals surface area contributed by atoms with E-state index in [1.54, 1.807) is 6.26 Å². The molecule has 72 valence electrons. The summed E-state index contributed by atoms with van der Waals surface area (Å²) in [6.07, 6.45) is 5.19. The average Bonchev–Trinajstić information content (AvgIpc) is 2.65. The van der Waals surface area contributed by atoms with E-state index >= 15 is 0 Å². The van der Waals surface area contributed by atoms with Crippen molar-refractivity contribution in [3.63, 3.8) is 0 Å². The van der Waals surface area contributed by atoms with Crippen molar-refractivity contribution < 1.29 is 9.21 Å². The summed E-state index contributed by atoms with van der Waals surface area (Å²) in [7, 11) is 0. The van der Waals surface area contributed by atoms with Crippen molar-refractivity contribution in [1.82, 2.24) is 0 Å². The second-order valence-electron chi connectivity index (χ2n) is 3.35. The fourth-order valence-electron chi connectivity index (χ4n) is 1.56. The maximum atomic E-state index is 10.2. The van der Waals surface area contributed by atoms with Crippen molar-refractivity contribution >= 4 is 17.3 Å². The molecular weight excluding hydrogens is 176 g/mol. The molecule has 1 heterocycles. The fraction of sp³-hybridized carbons (Fsp3) is 0.250. The quantitative estimate of drug-likeness (QED) is 0.545. The van der Waals surface area contributed by atoms with Crippen molar-refractivity contribution in [2.75, 3.05) is 0 Å². The van der Waals surface area contributed by atoms with Crippen molar-refractivity contribution in [2.45, 2.75) is 19.3 Å². The van der Waals surface area contributed by atoms with Crippen molar-refractivity contribution in [3.05, 3.63) is 36.1 Å². The van der Waals surface area contributed by atoms with Gasteiger partial charge in [0.1, 0.15) is 11.9 Å². The Bertz CT molecular complexity index is 429. The predicted molar refractivity (Wildman–Crippen MR) is 55.2 cm³/mol. The molecule has 0 aliphatic rings. The van der Waals surface area contributed by atoms with Crippen LogP contribution in [0.4, 0.5) is 0 Å². The normalized spacial score (nSPS) is 10.6. The van der Waals surface area contributed by atoms with E-state index in [9.17, 15) is 4.79 Å². The van der Waals surface area contributed by atoms with Crippen molar-refractivity contribution in [2.24, 2.45) is 0 Å². The topological polar surface area (TPSA) is 30.2 Å². The maximum absolute atomic E-state index is 10.2. The summed E-state index contributed by atoms with van der Waals surface area (Å²) >= 11 is 0. The summed E-state index contributed by atoms with van der Waals surface area (Å²) in [5.41, 5.74) is 2.19. The van der Waals surface area contributed by atoms with Gasteiger partial charge < -0.3 is 9.21 Å². The van der Waals surface area contributed by atoms with E-state index in [2.05, 4.69) is 12.1 Å². The third-order valence-electron chi connectivity index (χ3n) is 2.30. The minimum atomic E-state index is 0.642. The first-order chi connectivity index (χ1) is 6.90. The Kier molecular flexibility index (Phi) is 2.63. The molecule has 0 saturated heterocycles. The standard InChI is InChI=1S/C12H12O2/c13-7-2-1-3-10-4-5-12-11(9-10)6-8-14-12/h4-9H,1-3H2. The lowest BCUT2D eigenvalue weighted by molar-refractivity contribution is -0.107. The third kappa shape index (κ3) is 1.84. The summed E-state index contributed by atoms with van der Waals surface area (Å²) in [5, 5.41) is 1.13. The Morgan fingerprint density at radius 2 is 2.21 bits per heavy atom. The van der Waals surface area contributed by atoms with Gasteiger partial charge in [0, 0.05) is 11.8 Å². The number of aldehydes is 1. The summed E-state index contributed by atoms with van der Waals surface area (Å²) in [4.78, 5) is 10.2. The Balaban J connectivity index is 2.13. The molecule has 1 aromatic carbocycles. The summed E-state index contributed by atoms with van der Waals surface area (Å²) in [6.45, 7) is 0. The molecule has 0 unspecified atom stereocenters. The van der Waals surface area contributed by atoms with Gasteiger partial charge in [0.05, 0.1) is 6.26 Å². The molecule has 0 saturated carbocycles. The molecular formula is C12H12O2. The van der Waals surface area contributed by atoms with E-state index in [-0.39, 0.29) is 0 Å². The minimum Gasteiger partial charge on any atom is -0.464 e. The van der Waals surface area contributed by atoms with Crippen molar-refractivity contribution in [3.8, 4) is 0 Å². The predicted octanol–water partition coefficient (Wildman–Crippen LogP) is 2.95. The Hall–Kier alpha value is -1.57. The zero-order valence-electron chi connectivity index (χ0n) is 7.90. The number of furan rings is 1. The largest absolute Gasteiger partial charge is 0.464 e. The molecule has 1 aromatic heterocycles. The highest BCUT2D eigenvalue weighted by Gasteiger charge is 1.98. The zero-order valence-corrected chi connectivity index (χ0v) is 7.90. The van der Waals surface area contributed by atoms with Crippen LogP contribution >= 0.6 is 0 Å². The van der Waals surface area contributed by atoms with E-state index < -0.39 is 0 Å². The monoisotopic (exact) mass is 188 g/mol. The van der Waals surface area contributed by atoms with Gasteiger partial charge in [-0.15, -0.1) is 0 Å². The second kappa shape index (κ2) is 4.09. The number of unbranched alkanes of at least 4 members (excludes halogenated alkanes) is 1. The van der Waals surface area contributed by atoms with Crippen LogP contribution in [0.5, 0.6) is 0 Å². The number of hydrogen-bond acceptors (Lipinski definition) is 2. The Morgan fingerprint density at radius 3 is 3.07 bits per heavy atom. The Morgan fingerprint density at radius 1 is 1.29 bits per heavy atom. The molecule has 0 spiro atoms. The van der Waals surface area contributed by atoms with Gasteiger partial charge in [-0.2, -0.15) is 0 Å². The highest BCUT2D eigenvalue weighted by Crippen LogP contribution is 2.17. The van der Waals surface area contributed by atoms with Crippen LogP contribution < -0.4 is 0 Å². The first kappa shape index (κ1) is 9.00. The van der Waals surface area contributed by atoms with Crippen LogP contribution in [-0.4, -0.2) is 6.29 Å². The lowest BCUT2D eigenvalue weighted by Crippen LogP contribution is -1.85. The van der Waals surface area contributed by atoms with E-state index in [4.69, 9.17) is 4.42 Å². The molecule has 0 bridgehead atoms. The summed E-state index contributed by atoms with van der Waals surface area (Å²) in [5.74, 6) is 0. The summed E-state index contributed by atoms with van der Waals surface area (Å²) < 4.78 is 5.24. The van der Waals surface area contributed by atoms with Gasteiger partial charge in [-0.25, -0.2) is 0 Å². The number of rotatable bonds is 4. The van der Waals surface area contributed by atoms with Crippen LogP contribution in [0.15, 0.2) is 34.9 Å². The van der Waals surface area contributed by atoms with Gasteiger partial charge in [0.15, 0.2) is 0 Å². The van der Waals surface area contributed by atoms with Crippen LogP contribution in [0.25, 0.3) is 11.0 Å². The van der Waals surface area contributed by atoms with Crippen molar-refractivity contribution in [1.29, 1.82) is 0 Å². The molecule has 0 N–H and O–H groups in total. The van der Waals surface area contributed by atoms with Crippen LogP contribution in [0, 0.1) is 0 Å². The molecule has 14 heavy (non-hydrogen) atoms. The van der Waals surface area contributed by atoms with E-state index in [1.807, 2.05) is 12.1 Å². The van der Waals surface area contributed by atoms with Gasteiger partial charge in [0.25, 0.3) is 0 Å². The number of aryl methyl sites for hydroxylation is 1. The fourth-order valence-corrected chi connectivity index (χ4v) is 1.56. The maximum Gasteiger partial charge on any atom is 0.133 e. The minimum absolute atomic E-state index is 0.642. The van der Waals surface area contributed by atoms with Gasteiger partial charge >= 0.3 is 0 Å². The average molecular weight is 188 g/mol. The third-order valence-corrected chi connectivity index (χ3v) is 2.30. The number of carbonyl (C=O) groups is 1. The first-order valence-electron chi connectivity index (χ1n) is 4.80. The molecule has 0 atom stereocenters. The summed E-state index contributed by atoms with van der Waals surface area (Å²) in [6, 6.07) is 8.10. The number of carbonyl (C=O) groups excluding carboxylic acids is 1. The van der Waals surface area contributed by atoms with Gasteiger partial charge in [-0.05, 0) is 36.6 Å². The van der Waals surface area contributed by atoms with Gasteiger partial charge in [0.2, 0.25) is 0 Å². The number of hydrogen-bond donors (Lipinski definition) is 0. The van der Waals surface area contributed by atoms with Gasteiger partial charge in [-0.1, -0.05) is 6.07 Å². The zero-order chi connectivity index (χ0) is 9.80. The van der Waals surface area contributed by atoms with Crippen LogP contribution in [0.3, 0.4) is 0 Å². The molecule has 2 aromatic rings. The van der Waals surface area contributed by atoms with Crippen LogP contribution in [0.2, 0.25) is 0 Å². The van der Waals surface area contributed by atoms with E-state index in [1.165, 1.54) is 5.56 Å². The van der Waals surface area contributed by atoms with E-state index in [0.717, 1.165) is 30.1 Å². The van der Waals surface area contributed by atoms with Gasteiger partial charge in [-0.3, -0.25) is 0 Å². The lowest BCUT2D eigenvalue weighted by Gasteiger charge is -1.98. The van der Waals surface area contributed by atoms with Crippen LogP contribution in [-0.2, 0) is 11.2 Å². The smallest absolute Gasteiger partial charge is 0.133 e. The molecule has 2 heteroatoms. The second-order valence-corrected chi connectivity index (χ2v) is 3.35. The van der Waals surface area contributed by atoms with E-state index in [0.29, 0.717) is 6.42 Å². The SMILES string of the molecule is O=CCCCc1ccc2occc2c1.